The van der Waals surface area contributed by atoms with Crippen molar-refractivity contribution < 1.29 is 4.79 Å². The number of anilines is 1. The van der Waals surface area contributed by atoms with Crippen LogP contribution in [0.4, 0.5) is 5.13 Å². The van der Waals surface area contributed by atoms with E-state index in [4.69, 9.17) is 16.6 Å². The molecular weight excluding hydrogens is 398 g/mol. The van der Waals surface area contributed by atoms with E-state index in [9.17, 15) is 4.79 Å². The molecule has 1 aromatic heterocycles. The Morgan fingerprint density at radius 2 is 1.89 bits per heavy atom. The molecule has 3 aromatic rings. The van der Waals surface area contributed by atoms with Crippen LogP contribution in [-0.4, -0.2) is 48.7 Å². The molecule has 0 N–H and O–H groups in total. The summed E-state index contributed by atoms with van der Waals surface area (Å²) < 4.78 is 1.11. The summed E-state index contributed by atoms with van der Waals surface area (Å²) in [6, 6.07) is 13.7. The van der Waals surface area contributed by atoms with E-state index < -0.39 is 0 Å². The van der Waals surface area contributed by atoms with Gasteiger partial charge in [0.05, 0.1) is 16.0 Å². The first-order valence-corrected chi connectivity index (χ1v) is 10.8. The number of aromatic nitrogens is 1. The van der Waals surface area contributed by atoms with Crippen molar-refractivity contribution in [1.29, 1.82) is 0 Å². The summed E-state index contributed by atoms with van der Waals surface area (Å²) in [4.78, 5) is 22.7. The minimum Gasteiger partial charge on any atom is -0.308 e. The molecule has 0 saturated carbocycles. The van der Waals surface area contributed by atoms with Gasteiger partial charge < -0.3 is 4.90 Å². The van der Waals surface area contributed by atoms with E-state index in [0.717, 1.165) is 32.4 Å². The number of hydrogen-bond donors (Lipinski definition) is 0. The van der Waals surface area contributed by atoms with Gasteiger partial charge in [-0.1, -0.05) is 35.1 Å². The Labute approximate surface area is 173 Å². The second-order valence-corrected chi connectivity index (χ2v) is 9.00. The number of fused-ring (bicyclic) bond motifs is 1. The lowest BCUT2D eigenvalue weighted by Gasteiger charge is -2.21. The molecule has 0 aliphatic rings. The molecule has 1 heterocycles. The van der Waals surface area contributed by atoms with E-state index in [1.807, 2.05) is 62.3 Å². The van der Waals surface area contributed by atoms with Gasteiger partial charge in [0.15, 0.2) is 5.13 Å². The van der Waals surface area contributed by atoms with Crippen molar-refractivity contribution in [1.82, 2.24) is 9.88 Å². The number of thioether (sulfide) groups is 1. The Balaban J connectivity index is 1.79. The van der Waals surface area contributed by atoms with Gasteiger partial charge in [-0.3, -0.25) is 9.69 Å². The normalized spacial score (nSPS) is 11.3. The molecule has 0 radical (unpaired) electrons. The Kier molecular flexibility index (Phi) is 6.76. The van der Waals surface area contributed by atoms with Crippen LogP contribution in [0.15, 0.2) is 47.4 Å². The van der Waals surface area contributed by atoms with Crippen molar-refractivity contribution in [2.45, 2.75) is 11.8 Å². The van der Waals surface area contributed by atoms with Crippen molar-refractivity contribution in [3.63, 3.8) is 0 Å². The van der Waals surface area contributed by atoms with Crippen molar-refractivity contribution >= 4 is 56.0 Å². The molecule has 2 aromatic carbocycles. The monoisotopic (exact) mass is 419 g/mol. The minimum atomic E-state index is 0.0634. The van der Waals surface area contributed by atoms with Gasteiger partial charge in [0.25, 0.3) is 0 Å². The van der Waals surface area contributed by atoms with Crippen molar-refractivity contribution in [2.75, 3.05) is 37.8 Å². The highest BCUT2D eigenvalue weighted by atomic mass is 35.5. The number of rotatable bonds is 7. The Hall–Kier alpha value is -1.60. The van der Waals surface area contributed by atoms with Gasteiger partial charge >= 0.3 is 0 Å². The third-order valence-electron chi connectivity index (χ3n) is 4.09. The number of hydrogen-bond acceptors (Lipinski definition) is 5. The number of halogens is 1. The molecule has 4 nitrogen and oxygen atoms in total. The Morgan fingerprint density at radius 1 is 1.15 bits per heavy atom. The predicted octanol–water partition coefficient (Wildman–Crippen LogP) is 4.95. The number of aryl methyl sites for hydroxylation is 1. The molecule has 0 aliphatic heterocycles. The van der Waals surface area contributed by atoms with Gasteiger partial charge in [0.1, 0.15) is 0 Å². The maximum absolute atomic E-state index is 13.0. The smallest absolute Gasteiger partial charge is 0.239 e. The number of thiazole rings is 1. The summed E-state index contributed by atoms with van der Waals surface area (Å²) in [6.07, 6.45) is 0. The van der Waals surface area contributed by atoms with E-state index in [2.05, 4.69) is 11.0 Å². The molecule has 0 saturated heterocycles. The molecule has 1 amide bonds. The second-order valence-electron chi connectivity index (χ2n) is 6.51. The van der Waals surface area contributed by atoms with Crippen LogP contribution in [0, 0.1) is 6.92 Å². The third kappa shape index (κ3) is 5.23. The van der Waals surface area contributed by atoms with Crippen LogP contribution in [0.2, 0.25) is 5.02 Å². The molecule has 27 heavy (non-hydrogen) atoms. The van der Waals surface area contributed by atoms with Crippen LogP contribution < -0.4 is 4.90 Å². The molecule has 0 unspecified atom stereocenters. The number of benzene rings is 2. The molecular formula is C20H22ClN3OS2. The zero-order chi connectivity index (χ0) is 19.4. The number of amides is 1. The summed E-state index contributed by atoms with van der Waals surface area (Å²) in [5, 5.41) is 1.46. The lowest BCUT2D eigenvalue weighted by atomic mass is 10.2. The average molecular weight is 420 g/mol. The number of likely N-dealkylation sites (N-methyl/N-ethyl adjacent to an activating group) is 1. The fourth-order valence-electron chi connectivity index (χ4n) is 2.57. The third-order valence-corrected chi connectivity index (χ3v) is 6.38. The summed E-state index contributed by atoms with van der Waals surface area (Å²) in [5.41, 5.74) is 2.11. The molecule has 0 atom stereocenters. The van der Waals surface area contributed by atoms with Crippen LogP contribution >= 0.6 is 34.7 Å². The van der Waals surface area contributed by atoms with Crippen LogP contribution in [-0.2, 0) is 4.79 Å². The van der Waals surface area contributed by atoms with Crippen LogP contribution in [0.1, 0.15) is 5.56 Å². The van der Waals surface area contributed by atoms with Crippen molar-refractivity contribution in [2.24, 2.45) is 0 Å². The summed E-state index contributed by atoms with van der Waals surface area (Å²) in [7, 11) is 4.02. The van der Waals surface area contributed by atoms with Crippen LogP contribution in [0.3, 0.4) is 0 Å². The van der Waals surface area contributed by atoms with Gasteiger partial charge in [0, 0.05) is 23.0 Å². The SMILES string of the molecule is Cc1cccc2sc(N(CCN(C)C)C(=O)CSc3ccc(Cl)cc3)nc12. The van der Waals surface area contributed by atoms with E-state index >= 15 is 0 Å². The molecule has 0 fully saturated rings. The van der Waals surface area contributed by atoms with Crippen molar-refractivity contribution in [3.05, 3.63) is 53.1 Å². The second kappa shape index (κ2) is 9.06. The molecule has 7 heteroatoms. The highest BCUT2D eigenvalue weighted by molar-refractivity contribution is 8.00. The first-order valence-electron chi connectivity index (χ1n) is 8.63. The standard InChI is InChI=1S/C20H22ClN3OS2/c1-14-5-4-6-17-19(14)22-20(27-17)24(12-11-23(2)3)18(25)13-26-16-9-7-15(21)8-10-16/h4-10H,11-13H2,1-3H3. The lowest BCUT2D eigenvalue weighted by Crippen LogP contribution is -2.37. The minimum absolute atomic E-state index is 0.0634. The van der Waals surface area contributed by atoms with E-state index in [1.54, 1.807) is 11.3 Å². The predicted molar refractivity (Wildman–Crippen MR) is 117 cm³/mol. The first kappa shape index (κ1) is 20.1. The molecule has 0 aliphatic carbocycles. The quantitative estimate of drug-likeness (QED) is 0.508. The van der Waals surface area contributed by atoms with Gasteiger partial charge in [-0.25, -0.2) is 4.98 Å². The lowest BCUT2D eigenvalue weighted by molar-refractivity contribution is -0.116. The van der Waals surface area contributed by atoms with Gasteiger partial charge in [-0.05, 0) is 56.9 Å². The maximum Gasteiger partial charge on any atom is 0.239 e. The highest BCUT2D eigenvalue weighted by Gasteiger charge is 2.20. The summed E-state index contributed by atoms with van der Waals surface area (Å²) in [6.45, 7) is 3.45. The molecule has 142 valence electrons. The van der Waals surface area contributed by atoms with Gasteiger partial charge in [0.2, 0.25) is 5.91 Å². The Morgan fingerprint density at radius 3 is 2.56 bits per heavy atom. The average Bonchev–Trinajstić information content (AvgIpc) is 3.06. The number of carbonyl (C=O) groups excluding carboxylic acids is 1. The van der Waals surface area contributed by atoms with Gasteiger partial charge in [-0.2, -0.15) is 0 Å². The van der Waals surface area contributed by atoms with Crippen LogP contribution in [0.5, 0.6) is 0 Å². The summed E-state index contributed by atoms with van der Waals surface area (Å²) in [5.74, 6) is 0.428. The summed E-state index contributed by atoms with van der Waals surface area (Å²) >= 11 is 9.02. The van der Waals surface area contributed by atoms with Crippen molar-refractivity contribution in [3.8, 4) is 0 Å². The number of nitrogens with zero attached hydrogens (tertiary/aromatic N) is 3. The van der Waals surface area contributed by atoms with Crippen LogP contribution in [0.25, 0.3) is 10.2 Å². The number of para-hydroxylation sites is 1. The fourth-order valence-corrected chi connectivity index (χ4v) is 4.56. The topological polar surface area (TPSA) is 36.4 Å². The van der Waals surface area contributed by atoms with E-state index in [1.165, 1.54) is 11.8 Å². The van der Waals surface area contributed by atoms with E-state index in [-0.39, 0.29) is 5.91 Å². The van der Waals surface area contributed by atoms with E-state index in [0.29, 0.717) is 17.3 Å². The fraction of sp³-hybridized carbons (Fsp3) is 0.300. The molecule has 0 bridgehead atoms. The Bertz CT molecular complexity index is 925. The first-order chi connectivity index (χ1) is 12.9. The van der Waals surface area contributed by atoms with Gasteiger partial charge in [-0.15, -0.1) is 11.8 Å². The zero-order valence-corrected chi connectivity index (χ0v) is 18.0. The maximum atomic E-state index is 13.0. The zero-order valence-electron chi connectivity index (χ0n) is 15.6. The largest absolute Gasteiger partial charge is 0.308 e. The molecule has 0 spiro atoms. The molecule has 3 rings (SSSR count). The highest BCUT2D eigenvalue weighted by Crippen LogP contribution is 2.31. The number of carbonyl (C=O) groups is 1.